The van der Waals surface area contributed by atoms with Crippen LogP contribution in [0.2, 0.25) is 0 Å². The summed E-state index contributed by atoms with van der Waals surface area (Å²) >= 11 is 1.66. The highest BCUT2D eigenvalue weighted by atomic mass is 32.1. The lowest BCUT2D eigenvalue weighted by Crippen LogP contribution is -2.18. The minimum atomic E-state index is -0.195. The van der Waals surface area contributed by atoms with Crippen molar-refractivity contribution in [3.8, 4) is 0 Å². The predicted octanol–water partition coefficient (Wildman–Crippen LogP) is 4.12. The highest BCUT2D eigenvalue weighted by Gasteiger charge is 2.14. The molecule has 1 amide bonds. The van der Waals surface area contributed by atoms with Gasteiger partial charge in [0.05, 0.1) is 6.21 Å². The number of aryl methyl sites for hydroxylation is 1. The number of benzene rings is 1. The Kier molecular flexibility index (Phi) is 4.58. The first-order valence-corrected chi connectivity index (χ1v) is 7.74. The summed E-state index contributed by atoms with van der Waals surface area (Å²) in [6, 6.07) is 9.62. The maximum absolute atomic E-state index is 12.0. The quantitative estimate of drug-likeness (QED) is 0.672. The summed E-state index contributed by atoms with van der Waals surface area (Å²) in [4.78, 5) is 13.2. The largest absolute Gasteiger partial charge is 0.271 e. The third-order valence-corrected chi connectivity index (χ3v) is 4.14. The number of carbonyl (C=O) groups excluding carboxylic acids is 1. The van der Waals surface area contributed by atoms with E-state index >= 15 is 0 Å². The third-order valence-electron chi connectivity index (χ3n) is 3.28. The van der Waals surface area contributed by atoms with E-state index in [2.05, 4.69) is 31.3 Å². The summed E-state index contributed by atoms with van der Waals surface area (Å²) in [6.45, 7) is 8.47. The normalized spacial score (nSPS) is 11.8. The van der Waals surface area contributed by atoms with Crippen molar-refractivity contribution < 1.29 is 4.79 Å². The van der Waals surface area contributed by atoms with Crippen molar-refractivity contribution in [3.63, 3.8) is 0 Å². The van der Waals surface area contributed by atoms with Crippen molar-refractivity contribution in [2.24, 2.45) is 5.10 Å². The Morgan fingerprint density at radius 3 is 2.38 bits per heavy atom. The fourth-order valence-corrected chi connectivity index (χ4v) is 2.55. The van der Waals surface area contributed by atoms with Crippen LogP contribution < -0.4 is 5.43 Å². The molecule has 110 valence electrons. The Bertz CT molecular complexity index is 648. The van der Waals surface area contributed by atoms with Crippen molar-refractivity contribution in [3.05, 3.63) is 57.3 Å². The number of nitrogens with one attached hydrogen (secondary N) is 1. The van der Waals surface area contributed by atoms with E-state index in [1.165, 1.54) is 10.4 Å². The second-order valence-electron chi connectivity index (χ2n) is 5.96. The predicted molar refractivity (Wildman–Crippen MR) is 89.3 cm³/mol. The van der Waals surface area contributed by atoms with E-state index in [0.29, 0.717) is 5.56 Å². The lowest BCUT2D eigenvalue weighted by molar-refractivity contribution is 0.0955. The van der Waals surface area contributed by atoms with Gasteiger partial charge in [-0.05, 0) is 41.5 Å². The molecule has 1 aromatic carbocycles. The standard InChI is InChI=1S/C17H20N2OS/c1-12-14(9-10-21-12)11-18-19-16(20)13-5-7-15(8-6-13)17(2,3)4/h5-11H,1-4H3,(H,19,20)/b18-11+. The van der Waals surface area contributed by atoms with Gasteiger partial charge in [-0.3, -0.25) is 4.79 Å². The molecule has 1 aromatic heterocycles. The van der Waals surface area contributed by atoms with E-state index < -0.39 is 0 Å². The van der Waals surface area contributed by atoms with Crippen molar-refractivity contribution in [2.75, 3.05) is 0 Å². The van der Waals surface area contributed by atoms with Gasteiger partial charge in [-0.1, -0.05) is 32.9 Å². The highest BCUT2D eigenvalue weighted by Crippen LogP contribution is 2.22. The Hall–Kier alpha value is -1.94. The molecule has 3 nitrogen and oxygen atoms in total. The van der Waals surface area contributed by atoms with Gasteiger partial charge in [0.2, 0.25) is 0 Å². The molecule has 0 bridgehead atoms. The lowest BCUT2D eigenvalue weighted by atomic mass is 9.87. The Morgan fingerprint density at radius 2 is 1.86 bits per heavy atom. The fourth-order valence-electron chi connectivity index (χ4n) is 1.88. The number of hydrogen-bond acceptors (Lipinski definition) is 3. The molecule has 0 fully saturated rings. The molecular formula is C17H20N2OS. The van der Waals surface area contributed by atoms with E-state index in [1.807, 2.05) is 42.6 Å². The zero-order valence-electron chi connectivity index (χ0n) is 12.8. The number of hydrazone groups is 1. The zero-order chi connectivity index (χ0) is 15.5. The Balaban J connectivity index is 2.01. The number of hydrogen-bond donors (Lipinski definition) is 1. The number of rotatable bonds is 3. The number of nitrogens with zero attached hydrogens (tertiary/aromatic N) is 1. The topological polar surface area (TPSA) is 41.5 Å². The van der Waals surface area contributed by atoms with Crippen LogP contribution in [-0.2, 0) is 5.41 Å². The van der Waals surface area contributed by atoms with Gasteiger partial charge in [-0.2, -0.15) is 5.10 Å². The molecule has 4 heteroatoms. The van der Waals surface area contributed by atoms with Crippen LogP contribution in [0.25, 0.3) is 0 Å². The van der Waals surface area contributed by atoms with Gasteiger partial charge in [0.15, 0.2) is 0 Å². The van der Waals surface area contributed by atoms with Gasteiger partial charge in [0.25, 0.3) is 5.91 Å². The smallest absolute Gasteiger partial charge is 0.267 e. The molecule has 0 unspecified atom stereocenters. The molecule has 0 atom stereocenters. The van der Waals surface area contributed by atoms with E-state index in [0.717, 1.165) is 5.56 Å². The monoisotopic (exact) mass is 300 g/mol. The van der Waals surface area contributed by atoms with Crippen LogP contribution in [-0.4, -0.2) is 12.1 Å². The molecule has 2 rings (SSSR count). The van der Waals surface area contributed by atoms with Crippen LogP contribution in [0.15, 0.2) is 40.8 Å². The van der Waals surface area contributed by atoms with Crippen molar-refractivity contribution >= 4 is 23.5 Å². The van der Waals surface area contributed by atoms with Gasteiger partial charge in [-0.25, -0.2) is 5.43 Å². The average Bonchev–Trinajstić information content (AvgIpc) is 2.83. The number of carbonyl (C=O) groups is 1. The van der Waals surface area contributed by atoms with E-state index in [4.69, 9.17) is 0 Å². The first kappa shape index (κ1) is 15.4. The molecule has 0 aliphatic carbocycles. The molecule has 0 spiro atoms. The lowest BCUT2D eigenvalue weighted by Gasteiger charge is -2.18. The average molecular weight is 300 g/mol. The number of amides is 1. The molecule has 2 aromatic rings. The van der Waals surface area contributed by atoms with E-state index in [1.54, 1.807) is 17.6 Å². The zero-order valence-corrected chi connectivity index (χ0v) is 13.6. The molecule has 0 saturated heterocycles. The third kappa shape index (κ3) is 4.02. The summed E-state index contributed by atoms with van der Waals surface area (Å²) in [6.07, 6.45) is 1.67. The summed E-state index contributed by atoms with van der Waals surface area (Å²) in [5.74, 6) is -0.195. The molecule has 0 aliphatic rings. The Morgan fingerprint density at radius 1 is 1.19 bits per heavy atom. The van der Waals surface area contributed by atoms with Crippen LogP contribution in [0.5, 0.6) is 0 Å². The fraction of sp³-hybridized carbons (Fsp3) is 0.294. The molecule has 0 saturated carbocycles. The minimum Gasteiger partial charge on any atom is -0.267 e. The summed E-state index contributed by atoms with van der Waals surface area (Å²) < 4.78 is 0. The summed E-state index contributed by atoms with van der Waals surface area (Å²) in [7, 11) is 0. The van der Waals surface area contributed by atoms with Gasteiger partial charge in [-0.15, -0.1) is 11.3 Å². The van der Waals surface area contributed by atoms with Gasteiger partial charge in [0.1, 0.15) is 0 Å². The van der Waals surface area contributed by atoms with Crippen LogP contribution in [0.1, 0.15) is 47.1 Å². The van der Waals surface area contributed by atoms with Crippen LogP contribution in [0.3, 0.4) is 0 Å². The first-order chi connectivity index (χ1) is 9.88. The SMILES string of the molecule is Cc1sccc1/C=N/NC(=O)c1ccc(C(C)(C)C)cc1. The Labute approximate surface area is 129 Å². The molecule has 21 heavy (non-hydrogen) atoms. The van der Waals surface area contributed by atoms with Crippen LogP contribution in [0.4, 0.5) is 0 Å². The minimum absolute atomic E-state index is 0.0869. The second kappa shape index (κ2) is 6.22. The van der Waals surface area contributed by atoms with Crippen molar-refractivity contribution in [2.45, 2.75) is 33.1 Å². The van der Waals surface area contributed by atoms with Crippen LogP contribution in [0, 0.1) is 6.92 Å². The molecule has 1 heterocycles. The van der Waals surface area contributed by atoms with Crippen molar-refractivity contribution in [1.82, 2.24) is 5.43 Å². The van der Waals surface area contributed by atoms with Crippen molar-refractivity contribution in [1.29, 1.82) is 0 Å². The van der Waals surface area contributed by atoms with E-state index in [9.17, 15) is 4.79 Å². The first-order valence-electron chi connectivity index (χ1n) is 6.86. The van der Waals surface area contributed by atoms with Crippen LogP contribution >= 0.6 is 11.3 Å². The molecular weight excluding hydrogens is 280 g/mol. The van der Waals surface area contributed by atoms with Gasteiger partial charge < -0.3 is 0 Å². The maximum atomic E-state index is 12.0. The molecule has 0 radical (unpaired) electrons. The van der Waals surface area contributed by atoms with Gasteiger partial charge in [0, 0.05) is 16.0 Å². The molecule has 1 N–H and O–H groups in total. The maximum Gasteiger partial charge on any atom is 0.271 e. The summed E-state index contributed by atoms with van der Waals surface area (Å²) in [5.41, 5.74) is 5.49. The number of thiophene rings is 1. The molecule has 0 aliphatic heterocycles. The summed E-state index contributed by atoms with van der Waals surface area (Å²) in [5, 5.41) is 6.01. The van der Waals surface area contributed by atoms with Gasteiger partial charge >= 0.3 is 0 Å². The second-order valence-corrected chi connectivity index (χ2v) is 7.08. The van der Waals surface area contributed by atoms with E-state index in [-0.39, 0.29) is 11.3 Å². The highest BCUT2D eigenvalue weighted by molar-refractivity contribution is 7.10.